The van der Waals surface area contributed by atoms with Crippen LogP contribution >= 0.6 is 0 Å². The standard InChI is InChI=1S/C29H33N7O3/c1-37-24-16-22(17-25(38-2)26(24)39-3)34-29-32-19-31-28(35-29)23-10-7-13-30-27(23)33-21-11-14-36(15-12-21)18-20-8-5-4-6-9-20/h4-10,13,16-17,19,21H,11-12,14-15,18H2,1-3H3,(H,30,33)(H,31,32,34,35). The molecule has 2 aromatic heterocycles. The van der Waals surface area contributed by atoms with E-state index in [2.05, 4.69) is 65.8 Å². The number of hydrogen-bond donors (Lipinski definition) is 2. The van der Waals surface area contributed by atoms with Gasteiger partial charge in [-0.3, -0.25) is 4.90 Å². The molecule has 39 heavy (non-hydrogen) atoms. The van der Waals surface area contributed by atoms with Gasteiger partial charge >= 0.3 is 0 Å². The fourth-order valence-electron chi connectivity index (χ4n) is 4.74. The average molecular weight is 528 g/mol. The number of anilines is 3. The SMILES string of the molecule is COc1cc(Nc2ncnc(-c3cccnc3NC3CCN(Cc4ccccc4)CC3)n2)cc(OC)c1OC. The van der Waals surface area contributed by atoms with Crippen LogP contribution < -0.4 is 24.8 Å². The summed E-state index contributed by atoms with van der Waals surface area (Å²) in [5.41, 5.74) is 2.86. The number of piperidine rings is 1. The zero-order chi connectivity index (χ0) is 27.0. The van der Waals surface area contributed by atoms with Crippen LogP contribution in [0.25, 0.3) is 11.4 Å². The van der Waals surface area contributed by atoms with E-state index >= 15 is 0 Å². The van der Waals surface area contributed by atoms with Crippen LogP contribution in [0, 0.1) is 0 Å². The van der Waals surface area contributed by atoms with E-state index in [9.17, 15) is 0 Å². The van der Waals surface area contributed by atoms with Crippen LogP contribution in [0.2, 0.25) is 0 Å². The molecule has 10 heteroatoms. The van der Waals surface area contributed by atoms with Gasteiger partial charge < -0.3 is 24.8 Å². The predicted molar refractivity (Wildman–Crippen MR) is 151 cm³/mol. The Kier molecular flexibility index (Phi) is 8.33. The molecule has 0 aliphatic carbocycles. The fourth-order valence-corrected chi connectivity index (χ4v) is 4.74. The monoisotopic (exact) mass is 527 g/mol. The largest absolute Gasteiger partial charge is 0.493 e. The van der Waals surface area contributed by atoms with Crippen molar-refractivity contribution >= 4 is 17.5 Å². The third kappa shape index (κ3) is 6.35. The Morgan fingerprint density at radius 3 is 2.31 bits per heavy atom. The normalized spacial score (nSPS) is 14.0. The first kappa shape index (κ1) is 26.2. The quantitative estimate of drug-likeness (QED) is 0.299. The molecule has 2 N–H and O–H groups in total. The van der Waals surface area contributed by atoms with Crippen molar-refractivity contribution < 1.29 is 14.2 Å². The van der Waals surface area contributed by atoms with E-state index in [1.54, 1.807) is 39.7 Å². The Labute approximate surface area is 228 Å². The Hall–Kier alpha value is -4.44. The molecule has 2 aromatic carbocycles. The van der Waals surface area contributed by atoms with Gasteiger partial charge in [0, 0.05) is 49.7 Å². The van der Waals surface area contributed by atoms with E-state index in [0.29, 0.717) is 40.8 Å². The van der Waals surface area contributed by atoms with Gasteiger partial charge in [0.2, 0.25) is 11.7 Å². The summed E-state index contributed by atoms with van der Waals surface area (Å²) >= 11 is 0. The second-order valence-corrected chi connectivity index (χ2v) is 9.25. The van der Waals surface area contributed by atoms with Crippen LogP contribution in [0.1, 0.15) is 18.4 Å². The molecular weight excluding hydrogens is 494 g/mol. The van der Waals surface area contributed by atoms with Gasteiger partial charge in [0.05, 0.1) is 26.9 Å². The molecule has 0 amide bonds. The van der Waals surface area contributed by atoms with Crippen LogP contribution in [-0.2, 0) is 6.54 Å². The molecule has 0 saturated carbocycles. The van der Waals surface area contributed by atoms with Crippen molar-refractivity contribution in [1.82, 2.24) is 24.8 Å². The van der Waals surface area contributed by atoms with Crippen LogP contribution in [0.5, 0.6) is 17.2 Å². The lowest BCUT2D eigenvalue weighted by molar-refractivity contribution is 0.211. The van der Waals surface area contributed by atoms with Gasteiger partial charge in [0.25, 0.3) is 0 Å². The third-order valence-electron chi connectivity index (χ3n) is 6.72. The van der Waals surface area contributed by atoms with Gasteiger partial charge in [-0.15, -0.1) is 0 Å². The minimum atomic E-state index is 0.323. The lowest BCUT2D eigenvalue weighted by Gasteiger charge is -2.32. The molecule has 202 valence electrons. The summed E-state index contributed by atoms with van der Waals surface area (Å²) in [6.45, 7) is 3.04. The number of nitrogens with zero attached hydrogens (tertiary/aromatic N) is 5. The van der Waals surface area contributed by atoms with Crippen molar-refractivity contribution in [1.29, 1.82) is 0 Å². The number of methoxy groups -OCH3 is 3. The first-order valence-electron chi connectivity index (χ1n) is 12.9. The number of hydrogen-bond acceptors (Lipinski definition) is 10. The zero-order valence-electron chi connectivity index (χ0n) is 22.4. The van der Waals surface area contributed by atoms with Gasteiger partial charge in [-0.2, -0.15) is 4.98 Å². The minimum Gasteiger partial charge on any atom is -0.493 e. The Morgan fingerprint density at radius 1 is 0.872 bits per heavy atom. The van der Waals surface area contributed by atoms with Crippen LogP contribution in [0.15, 0.2) is 67.1 Å². The number of rotatable bonds is 10. The molecule has 1 fully saturated rings. The number of pyridine rings is 1. The minimum absolute atomic E-state index is 0.323. The van der Waals surface area contributed by atoms with Gasteiger partial charge in [-0.1, -0.05) is 30.3 Å². The molecule has 1 aliphatic heterocycles. The number of likely N-dealkylation sites (tertiary alicyclic amines) is 1. The molecule has 4 aromatic rings. The lowest BCUT2D eigenvalue weighted by Crippen LogP contribution is -2.38. The molecule has 10 nitrogen and oxygen atoms in total. The van der Waals surface area contributed by atoms with Gasteiger partial charge in [0.15, 0.2) is 17.3 Å². The Balaban J connectivity index is 1.28. The Bertz CT molecular complexity index is 1350. The highest BCUT2D eigenvalue weighted by atomic mass is 16.5. The summed E-state index contributed by atoms with van der Waals surface area (Å²) in [5, 5.41) is 6.86. The molecular formula is C29H33N7O3. The second kappa shape index (κ2) is 12.4. The van der Waals surface area contributed by atoms with Gasteiger partial charge in [-0.05, 0) is 30.5 Å². The van der Waals surface area contributed by atoms with E-state index in [1.807, 2.05) is 12.1 Å². The molecule has 1 saturated heterocycles. The summed E-state index contributed by atoms with van der Waals surface area (Å²) in [7, 11) is 4.72. The molecule has 0 atom stereocenters. The number of ether oxygens (including phenoxy) is 3. The number of benzene rings is 2. The molecule has 0 bridgehead atoms. The first-order valence-corrected chi connectivity index (χ1v) is 12.9. The lowest BCUT2D eigenvalue weighted by atomic mass is 10.0. The van der Waals surface area contributed by atoms with E-state index in [0.717, 1.165) is 43.9 Å². The van der Waals surface area contributed by atoms with Crippen molar-refractivity contribution in [3.63, 3.8) is 0 Å². The van der Waals surface area contributed by atoms with Crippen molar-refractivity contribution in [2.75, 3.05) is 45.1 Å². The maximum absolute atomic E-state index is 5.46. The fraction of sp³-hybridized carbons (Fsp3) is 0.310. The maximum atomic E-state index is 5.46. The summed E-state index contributed by atoms with van der Waals surface area (Å²) in [6, 6.07) is 18.4. The summed E-state index contributed by atoms with van der Waals surface area (Å²) in [4.78, 5) is 20.5. The smallest absolute Gasteiger partial charge is 0.230 e. The third-order valence-corrected chi connectivity index (χ3v) is 6.72. The zero-order valence-corrected chi connectivity index (χ0v) is 22.4. The van der Waals surface area contributed by atoms with Crippen LogP contribution in [0.3, 0.4) is 0 Å². The first-order chi connectivity index (χ1) is 19.2. The van der Waals surface area contributed by atoms with Gasteiger partial charge in [0.1, 0.15) is 12.1 Å². The van der Waals surface area contributed by atoms with Crippen molar-refractivity contribution in [2.45, 2.75) is 25.4 Å². The predicted octanol–water partition coefficient (Wildman–Crippen LogP) is 4.78. The van der Waals surface area contributed by atoms with Crippen molar-refractivity contribution in [3.8, 4) is 28.6 Å². The molecule has 0 radical (unpaired) electrons. The van der Waals surface area contributed by atoms with Crippen LogP contribution in [-0.4, -0.2) is 65.3 Å². The van der Waals surface area contributed by atoms with Gasteiger partial charge in [-0.25, -0.2) is 15.0 Å². The maximum Gasteiger partial charge on any atom is 0.230 e. The molecule has 0 unspecified atom stereocenters. The summed E-state index contributed by atoms with van der Waals surface area (Å²) in [6.07, 6.45) is 5.34. The molecule has 3 heterocycles. The topological polar surface area (TPSA) is 107 Å². The average Bonchev–Trinajstić information content (AvgIpc) is 2.98. The summed E-state index contributed by atoms with van der Waals surface area (Å²) < 4.78 is 16.3. The highest BCUT2D eigenvalue weighted by Gasteiger charge is 2.21. The van der Waals surface area contributed by atoms with E-state index in [-0.39, 0.29) is 0 Å². The molecule has 1 aliphatic rings. The van der Waals surface area contributed by atoms with E-state index < -0.39 is 0 Å². The van der Waals surface area contributed by atoms with E-state index in [4.69, 9.17) is 14.2 Å². The van der Waals surface area contributed by atoms with Crippen LogP contribution in [0.4, 0.5) is 17.5 Å². The highest BCUT2D eigenvalue weighted by molar-refractivity contribution is 5.71. The number of nitrogens with one attached hydrogen (secondary N) is 2. The summed E-state index contributed by atoms with van der Waals surface area (Å²) in [5.74, 6) is 3.25. The Morgan fingerprint density at radius 2 is 1.62 bits per heavy atom. The number of aromatic nitrogens is 4. The van der Waals surface area contributed by atoms with E-state index in [1.165, 1.54) is 11.9 Å². The second-order valence-electron chi connectivity index (χ2n) is 9.25. The van der Waals surface area contributed by atoms with Crippen molar-refractivity contribution in [2.24, 2.45) is 0 Å². The molecule has 5 rings (SSSR count). The molecule has 0 spiro atoms. The van der Waals surface area contributed by atoms with Crippen molar-refractivity contribution in [3.05, 3.63) is 72.7 Å². The highest BCUT2D eigenvalue weighted by Crippen LogP contribution is 2.40.